The van der Waals surface area contributed by atoms with Gasteiger partial charge >= 0.3 is 0 Å². The molecule has 59 heavy (non-hydrogen) atoms. The Balaban J connectivity index is 0.000000206. The van der Waals surface area contributed by atoms with E-state index in [-0.39, 0.29) is 29.6 Å². The van der Waals surface area contributed by atoms with Gasteiger partial charge in [0.05, 0.1) is 13.2 Å². The second kappa shape index (κ2) is 15.4. The number of phenols is 1. The first-order chi connectivity index (χ1) is 28.7. The van der Waals surface area contributed by atoms with Crippen molar-refractivity contribution in [1.29, 1.82) is 0 Å². The van der Waals surface area contributed by atoms with Gasteiger partial charge in [-0.05, 0) is 130 Å². The van der Waals surface area contributed by atoms with Crippen molar-refractivity contribution in [3.8, 4) is 11.5 Å². The summed E-state index contributed by atoms with van der Waals surface area (Å²) in [5, 5.41) is 11.9. The Kier molecular flexibility index (Phi) is 9.90. The standard InChI is InChI=1S/C32H38N6O4.C16H16O/c39-26-5-4-25(28(40)35-26)38-17-23-22(29(38)41)2-3-24-27(23)42-20-32(24)10-14-36(15-11-32)16-21-6-8-31(9-7-21)18-37(19-31)30-33-12-1-13-34-30;17-16-9-8-14-10-13(6-7-15(14)11-16)12-4-2-1-3-5-12/h1-3,12-13,21,25H,4-11,14-20H2,(H,35,39,40);1-5,8-9,11,13,17H,6-7,10H2/t;13-/m.0/s1. The van der Waals surface area contributed by atoms with E-state index < -0.39 is 6.04 Å². The predicted octanol–water partition coefficient (Wildman–Crippen LogP) is 6.33. The number of carbonyl (C=O) groups is 3. The number of carbonyl (C=O) groups excluding carboxylic acids is 3. The number of imide groups is 1. The second-order valence-electron chi connectivity index (χ2n) is 18.4. The van der Waals surface area contributed by atoms with Crippen LogP contribution in [0.3, 0.4) is 0 Å². The monoisotopic (exact) mass is 794 g/mol. The molecule has 3 saturated heterocycles. The van der Waals surface area contributed by atoms with E-state index in [0.717, 1.165) is 75.0 Å². The molecule has 2 aliphatic carbocycles. The lowest BCUT2D eigenvalue weighted by atomic mass is 9.66. The first-order valence-corrected chi connectivity index (χ1v) is 21.8. The molecule has 6 heterocycles. The third-order valence-corrected chi connectivity index (χ3v) is 14.8. The minimum atomic E-state index is -0.604. The molecule has 5 aliphatic heterocycles. The number of aromatic hydroxyl groups is 1. The molecule has 1 aromatic heterocycles. The Labute approximate surface area is 346 Å². The number of phenolic OH excluding ortho intramolecular Hbond substituents is 1. The average molecular weight is 795 g/mol. The molecule has 4 aromatic rings. The lowest BCUT2D eigenvalue weighted by Gasteiger charge is -2.54. The highest BCUT2D eigenvalue weighted by molar-refractivity contribution is 6.05. The summed E-state index contributed by atoms with van der Waals surface area (Å²) in [6.07, 6.45) is 15.0. The van der Waals surface area contributed by atoms with E-state index in [1.807, 2.05) is 30.6 Å². The summed E-state index contributed by atoms with van der Waals surface area (Å²) >= 11 is 0. The number of aryl methyl sites for hydroxylation is 1. The quantitative estimate of drug-likeness (QED) is 0.223. The molecule has 1 unspecified atom stereocenters. The zero-order valence-electron chi connectivity index (χ0n) is 33.8. The van der Waals surface area contributed by atoms with Crippen LogP contribution in [0.1, 0.15) is 102 Å². The maximum atomic E-state index is 13.3. The summed E-state index contributed by atoms with van der Waals surface area (Å²) in [4.78, 5) is 52.8. The molecule has 11 nitrogen and oxygen atoms in total. The smallest absolute Gasteiger partial charge is 0.255 e. The first kappa shape index (κ1) is 37.9. The largest absolute Gasteiger partial charge is 0.508 e. The molecule has 11 rings (SSSR count). The third-order valence-electron chi connectivity index (χ3n) is 14.8. The summed E-state index contributed by atoms with van der Waals surface area (Å²) in [5.74, 6) is 2.73. The number of nitrogens with one attached hydrogen (secondary N) is 1. The Morgan fingerprint density at radius 1 is 0.831 bits per heavy atom. The molecule has 7 aliphatic rings. The normalized spacial score (nSPS) is 24.4. The van der Waals surface area contributed by atoms with Crippen LogP contribution in [0, 0.1) is 11.3 Å². The number of amides is 3. The number of nitrogens with zero attached hydrogens (tertiary/aromatic N) is 5. The van der Waals surface area contributed by atoms with E-state index >= 15 is 0 Å². The van der Waals surface area contributed by atoms with Gasteiger partial charge in [0, 0.05) is 66.0 Å². The van der Waals surface area contributed by atoms with Crippen LogP contribution in [-0.2, 0) is 34.4 Å². The van der Waals surface area contributed by atoms with Crippen molar-refractivity contribution >= 4 is 23.7 Å². The SMILES string of the molecule is O=C1CCC(N2Cc3c(ccc4c3OCC43CCN(CC4CCC5(CC4)CN(c4ncccn4)C5)CC3)C2=O)C(=O)N1.Oc1ccc2c(c1)CC[C@H](c1ccccc1)C2. The predicted molar refractivity (Wildman–Crippen MR) is 223 cm³/mol. The summed E-state index contributed by atoms with van der Waals surface area (Å²) < 4.78 is 6.37. The zero-order chi connectivity index (χ0) is 40.1. The van der Waals surface area contributed by atoms with Crippen LogP contribution in [0.15, 0.2) is 79.1 Å². The van der Waals surface area contributed by atoms with Crippen molar-refractivity contribution in [2.45, 2.75) is 94.5 Å². The fourth-order valence-electron chi connectivity index (χ4n) is 11.3. The minimum absolute atomic E-state index is 0.00250. The van der Waals surface area contributed by atoms with E-state index in [9.17, 15) is 19.5 Å². The van der Waals surface area contributed by atoms with Gasteiger partial charge in [-0.15, -0.1) is 0 Å². The molecule has 0 bridgehead atoms. The van der Waals surface area contributed by atoms with Gasteiger partial charge in [0.2, 0.25) is 17.8 Å². The summed E-state index contributed by atoms with van der Waals surface area (Å²) in [6.45, 7) is 6.54. The van der Waals surface area contributed by atoms with Gasteiger partial charge in [0.1, 0.15) is 17.5 Å². The number of hydrogen-bond donors (Lipinski definition) is 2. The third kappa shape index (κ3) is 7.25. The number of anilines is 1. The van der Waals surface area contributed by atoms with E-state index in [1.165, 1.54) is 60.9 Å². The number of aromatic nitrogens is 2. The van der Waals surface area contributed by atoms with Crippen molar-refractivity contribution in [2.24, 2.45) is 11.3 Å². The summed E-state index contributed by atoms with van der Waals surface area (Å²) in [5.41, 5.74) is 7.38. The van der Waals surface area contributed by atoms with Crippen LogP contribution < -0.4 is 15.0 Å². The molecule has 3 amide bonds. The highest BCUT2D eigenvalue weighted by Gasteiger charge is 2.49. The average Bonchev–Trinajstić information content (AvgIpc) is 3.78. The number of benzene rings is 3. The van der Waals surface area contributed by atoms with Gasteiger partial charge in [0.15, 0.2) is 0 Å². The number of hydrogen-bond acceptors (Lipinski definition) is 9. The Bertz CT molecular complexity index is 2230. The van der Waals surface area contributed by atoms with Crippen LogP contribution >= 0.6 is 0 Å². The molecule has 4 fully saturated rings. The molecule has 2 spiro atoms. The highest BCUT2D eigenvalue weighted by Crippen LogP contribution is 2.51. The Hall–Kier alpha value is -5.29. The van der Waals surface area contributed by atoms with Crippen LogP contribution in [-0.4, -0.2) is 88.0 Å². The van der Waals surface area contributed by atoms with E-state index in [1.54, 1.807) is 11.0 Å². The van der Waals surface area contributed by atoms with Crippen LogP contribution in [0.4, 0.5) is 5.95 Å². The van der Waals surface area contributed by atoms with E-state index in [2.05, 4.69) is 67.5 Å². The first-order valence-electron chi connectivity index (χ1n) is 21.8. The maximum absolute atomic E-state index is 13.3. The van der Waals surface area contributed by atoms with Gasteiger partial charge in [-0.25, -0.2) is 9.97 Å². The number of rotatable bonds is 5. The molecular weight excluding hydrogens is 741 g/mol. The number of fused-ring (bicyclic) bond motifs is 5. The van der Waals surface area contributed by atoms with Gasteiger partial charge in [-0.3, -0.25) is 19.7 Å². The number of ether oxygens (including phenoxy) is 1. The van der Waals surface area contributed by atoms with Gasteiger partial charge in [-0.2, -0.15) is 0 Å². The van der Waals surface area contributed by atoms with Crippen LogP contribution in [0.2, 0.25) is 0 Å². The topological polar surface area (TPSA) is 128 Å². The molecule has 3 aromatic carbocycles. The minimum Gasteiger partial charge on any atom is -0.508 e. The molecule has 2 N–H and O–H groups in total. The molecule has 0 radical (unpaired) electrons. The number of likely N-dealkylation sites (tertiary alicyclic amines) is 1. The number of piperidine rings is 2. The van der Waals surface area contributed by atoms with Gasteiger partial charge in [-0.1, -0.05) is 42.5 Å². The molecule has 11 heteroatoms. The molecule has 1 saturated carbocycles. The summed E-state index contributed by atoms with van der Waals surface area (Å²) in [6, 6.07) is 21.8. The van der Waals surface area contributed by atoms with Gasteiger partial charge in [0.25, 0.3) is 5.91 Å². The lowest BCUT2D eigenvalue weighted by Crippen LogP contribution is -2.58. The Morgan fingerprint density at radius 2 is 1.61 bits per heavy atom. The van der Waals surface area contributed by atoms with E-state index in [0.29, 0.717) is 42.2 Å². The van der Waals surface area contributed by atoms with Gasteiger partial charge < -0.3 is 24.5 Å². The van der Waals surface area contributed by atoms with Crippen molar-refractivity contribution in [3.63, 3.8) is 0 Å². The van der Waals surface area contributed by atoms with Crippen molar-refractivity contribution in [3.05, 3.63) is 113 Å². The fraction of sp³-hybridized carbons (Fsp3) is 0.479. The van der Waals surface area contributed by atoms with Crippen molar-refractivity contribution in [2.75, 3.05) is 44.2 Å². The highest BCUT2D eigenvalue weighted by atomic mass is 16.5. The van der Waals surface area contributed by atoms with E-state index in [4.69, 9.17) is 4.74 Å². The van der Waals surface area contributed by atoms with Crippen molar-refractivity contribution < 1.29 is 24.2 Å². The maximum Gasteiger partial charge on any atom is 0.255 e. The van der Waals surface area contributed by atoms with Crippen LogP contribution in [0.5, 0.6) is 11.5 Å². The second-order valence-corrected chi connectivity index (χ2v) is 18.4. The van der Waals surface area contributed by atoms with Crippen molar-refractivity contribution in [1.82, 2.24) is 25.1 Å². The zero-order valence-corrected chi connectivity index (χ0v) is 33.8. The summed E-state index contributed by atoms with van der Waals surface area (Å²) in [7, 11) is 0. The lowest BCUT2D eigenvalue weighted by molar-refractivity contribution is -0.136. The molecule has 306 valence electrons. The Morgan fingerprint density at radius 3 is 2.37 bits per heavy atom. The molecule has 2 atom stereocenters. The fourth-order valence-corrected chi connectivity index (χ4v) is 11.3. The molecular formula is C48H54N6O5. The van der Waals surface area contributed by atoms with Crippen LogP contribution in [0.25, 0.3) is 0 Å².